The summed E-state index contributed by atoms with van der Waals surface area (Å²) in [5.41, 5.74) is 6.08. The number of benzene rings is 2. The Balaban J connectivity index is 2.43. The highest BCUT2D eigenvalue weighted by Crippen LogP contribution is 2.27. The van der Waals surface area contributed by atoms with E-state index in [0.717, 1.165) is 5.52 Å². The van der Waals surface area contributed by atoms with Crippen molar-refractivity contribution in [1.29, 1.82) is 0 Å². The Bertz CT molecular complexity index is 755. The first kappa shape index (κ1) is 11.8. The SMILES string of the molecule is Cc1ccc2nc[n+](C)c(-c3ccccc3C)c2c1. The Morgan fingerprint density at radius 1 is 1.00 bits per heavy atom. The van der Waals surface area contributed by atoms with E-state index in [0.29, 0.717) is 0 Å². The normalized spacial score (nSPS) is 10.9. The van der Waals surface area contributed by atoms with Crippen LogP contribution in [0.15, 0.2) is 48.8 Å². The van der Waals surface area contributed by atoms with Gasteiger partial charge < -0.3 is 0 Å². The van der Waals surface area contributed by atoms with Crippen LogP contribution in [-0.4, -0.2) is 4.98 Å². The smallest absolute Gasteiger partial charge is 0.232 e. The fourth-order valence-electron chi connectivity index (χ4n) is 2.52. The minimum Gasteiger partial charge on any atom is -0.232 e. The van der Waals surface area contributed by atoms with E-state index < -0.39 is 0 Å². The van der Waals surface area contributed by atoms with Crippen LogP contribution in [0, 0.1) is 13.8 Å². The number of hydrogen-bond acceptors (Lipinski definition) is 1. The molecule has 19 heavy (non-hydrogen) atoms. The molecule has 0 saturated heterocycles. The van der Waals surface area contributed by atoms with Crippen LogP contribution in [0.3, 0.4) is 0 Å². The van der Waals surface area contributed by atoms with E-state index in [1.807, 2.05) is 6.33 Å². The lowest BCUT2D eigenvalue weighted by atomic mass is 10.0. The van der Waals surface area contributed by atoms with Crippen LogP contribution in [0.25, 0.3) is 22.2 Å². The van der Waals surface area contributed by atoms with Gasteiger partial charge in [0.1, 0.15) is 5.69 Å². The Kier molecular flexibility index (Phi) is 2.79. The molecule has 1 aromatic heterocycles. The second-order valence-corrected chi connectivity index (χ2v) is 5.04. The van der Waals surface area contributed by atoms with Crippen LogP contribution in [-0.2, 0) is 7.05 Å². The van der Waals surface area contributed by atoms with E-state index in [1.54, 1.807) is 0 Å². The van der Waals surface area contributed by atoms with Crippen molar-refractivity contribution in [3.05, 3.63) is 59.9 Å². The topological polar surface area (TPSA) is 16.8 Å². The van der Waals surface area contributed by atoms with E-state index in [2.05, 4.69) is 72.9 Å². The molecule has 0 amide bonds. The lowest BCUT2D eigenvalue weighted by Crippen LogP contribution is -2.31. The number of rotatable bonds is 1. The lowest BCUT2D eigenvalue weighted by Gasteiger charge is -2.08. The summed E-state index contributed by atoms with van der Waals surface area (Å²) in [4.78, 5) is 4.50. The summed E-state index contributed by atoms with van der Waals surface area (Å²) in [6.45, 7) is 4.27. The highest BCUT2D eigenvalue weighted by Gasteiger charge is 2.15. The largest absolute Gasteiger partial charge is 0.287 e. The van der Waals surface area contributed by atoms with E-state index >= 15 is 0 Å². The van der Waals surface area contributed by atoms with Crippen molar-refractivity contribution in [3.8, 4) is 11.3 Å². The average molecular weight is 249 g/mol. The molecule has 1 heterocycles. The summed E-state index contributed by atoms with van der Waals surface area (Å²) in [6.07, 6.45) is 1.89. The molecule has 0 aliphatic rings. The van der Waals surface area contributed by atoms with Crippen molar-refractivity contribution < 1.29 is 4.57 Å². The van der Waals surface area contributed by atoms with Crippen LogP contribution >= 0.6 is 0 Å². The molecule has 0 aliphatic heterocycles. The molecule has 0 saturated carbocycles. The summed E-state index contributed by atoms with van der Waals surface area (Å²) in [6, 6.07) is 14.9. The molecule has 0 aliphatic carbocycles. The molecule has 3 rings (SSSR count). The van der Waals surface area contributed by atoms with Crippen molar-refractivity contribution >= 4 is 10.9 Å². The molecule has 0 N–H and O–H groups in total. The van der Waals surface area contributed by atoms with Crippen LogP contribution in [0.1, 0.15) is 11.1 Å². The van der Waals surface area contributed by atoms with Crippen molar-refractivity contribution in [3.63, 3.8) is 0 Å². The van der Waals surface area contributed by atoms with Gasteiger partial charge in [-0.2, -0.15) is 0 Å². The molecule has 0 unspecified atom stereocenters. The molecule has 3 aromatic rings. The molecule has 0 atom stereocenters. The van der Waals surface area contributed by atoms with Crippen molar-refractivity contribution in [1.82, 2.24) is 4.98 Å². The van der Waals surface area contributed by atoms with Gasteiger partial charge in [-0.05, 0) is 36.5 Å². The maximum Gasteiger partial charge on any atom is 0.287 e. The molecule has 0 spiro atoms. The molecule has 0 radical (unpaired) electrons. The number of hydrogen-bond donors (Lipinski definition) is 0. The Hall–Kier alpha value is -2.22. The predicted octanol–water partition coefficient (Wildman–Crippen LogP) is 3.34. The maximum absolute atomic E-state index is 4.50. The first-order valence-electron chi connectivity index (χ1n) is 6.48. The highest BCUT2D eigenvalue weighted by molar-refractivity contribution is 5.91. The van der Waals surface area contributed by atoms with Gasteiger partial charge in [0, 0.05) is 5.56 Å². The van der Waals surface area contributed by atoms with Gasteiger partial charge in [-0.15, -0.1) is 0 Å². The Labute approximate surface area is 113 Å². The highest BCUT2D eigenvalue weighted by atomic mass is 15.0. The minimum absolute atomic E-state index is 1.04. The van der Waals surface area contributed by atoms with Crippen molar-refractivity contribution in [2.24, 2.45) is 7.05 Å². The van der Waals surface area contributed by atoms with E-state index in [1.165, 1.54) is 27.8 Å². The van der Waals surface area contributed by atoms with Gasteiger partial charge in [0.2, 0.25) is 0 Å². The van der Waals surface area contributed by atoms with Gasteiger partial charge in [-0.25, -0.2) is 4.57 Å². The Morgan fingerprint density at radius 2 is 1.79 bits per heavy atom. The second kappa shape index (κ2) is 4.47. The zero-order valence-corrected chi connectivity index (χ0v) is 11.5. The molecule has 0 fully saturated rings. The van der Waals surface area contributed by atoms with Crippen LogP contribution < -0.4 is 4.57 Å². The molecule has 94 valence electrons. The predicted molar refractivity (Wildman–Crippen MR) is 77.8 cm³/mol. The summed E-state index contributed by atoms with van der Waals surface area (Å²) in [5.74, 6) is 0. The summed E-state index contributed by atoms with van der Waals surface area (Å²) >= 11 is 0. The zero-order valence-electron chi connectivity index (χ0n) is 11.5. The zero-order chi connectivity index (χ0) is 13.4. The summed E-state index contributed by atoms with van der Waals surface area (Å²) < 4.78 is 2.10. The third kappa shape index (κ3) is 1.99. The van der Waals surface area contributed by atoms with E-state index in [9.17, 15) is 0 Å². The fourth-order valence-corrected chi connectivity index (χ4v) is 2.52. The number of fused-ring (bicyclic) bond motifs is 1. The van der Waals surface area contributed by atoms with Crippen LogP contribution in [0.4, 0.5) is 0 Å². The first-order chi connectivity index (χ1) is 9.16. The van der Waals surface area contributed by atoms with Crippen molar-refractivity contribution in [2.75, 3.05) is 0 Å². The van der Waals surface area contributed by atoms with Crippen LogP contribution in [0.2, 0.25) is 0 Å². The summed E-state index contributed by atoms with van der Waals surface area (Å²) in [7, 11) is 2.05. The third-order valence-electron chi connectivity index (χ3n) is 3.53. The third-order valence-corrected chi connectivity index (χ3v) is 3.53. The quantitative estimate of drug-likeness (QED) is 0.604. The fraction of sp³-hybridized carbons (Fsp3) is 0.176. The van der Waals surface area contributed by atoms with E-state index in [-0.39, 0.29) is 0 Å². The number of aryl methyl sites for hydroxylation is 3. The molecule has 2 nitrogen and oxygen atoms in total. The molecule has 2 heteroatoms. The first-order valence-corrected chi connectivity index (χ1v) is 6.48. The van der Waals surface area contributed by atoms with Gasteiger partial charge in [0.25, 0.3) is 6.33 Å². The lowest BCUT2D eigenvalue weighted by molar-refractivity contribution is -0.662. The van der Waals surface area contributed by atoms with Gasteiger partial charge in [-0.3, -0.25) is 0 Å². The van der Waals surface area contributed by atoms with E-state index in [4.69, 9.17) is 0 Å². The average Bonchev–Trinajstić information content (AvgIpc) is 2.40. The number of aromatic nitrogens is 2. The standard InChI is InChI=1S/C17H17N2/c1-12-8-9-16-15(10-12)17(19(3)11-18-16)14-7-5-4-6-13(14)2/h4-11H,1-3H3/q+1. The molecule has 2 aromatic carbocycles. The van der Waals surface area contributed by atoms with Gasteiger partial charge >= 0.3 is 0 Å². The monoisotopic (exact) mass is 249 g/mol. The molecular formula is C17H17N2+. The number of nitrogens with zero attached hydrogens (tertiary/aromatic N) is 2. The molecular weight excluding hydrogens is 232 g/mol. The van der Waals surface area contributed by atoms with Gasteiger partial charge in [0.05, 0.1) is 12.4 Å². The summed E-state index contributed by atoms with van der Waals surface area (Å²) in [5, 5.41) is 1.21. The molecule has 0 bridgehead atoms. The van der Waals surface area contributed by atoms with Crippen LogP contribution in [0.5, 0.6) is 0 Å². The maximum atomic E-state index is 4.50. The Morgan fingerprint density at radius 3 is 2.58 bits per heavy atom. The van der Waals surface area contributed by atoms with Gasteiger partial charge in [-0.1, -0.05) is 35.9 Å². The minimum atomic E-state index is 1.04. The van der Waals surface area contributed by atoms with Gasteiger partial charge in [0.15, 0.2) is 5.52 Å². The second-order valence-electron chi connectivity index (χ2n) is 5.04. The van der Waals surface area contributed by atoms with Crippen molar-refractivity contribution in [2.45, 2.75) is 13.8 Å².